The highest BCUT2D eigenvalue weighted by Gasteiger charge is 2.11. The van der Waals surface area contributed by atoms with Crippen LogP contribution >= 0.6 is 0 Å². The van der Waals surface area contributed by atoms with Crippen LogP contribution in [0, 0.1) is 12.3 Å². The molecule has 1 unspecified atom stereocenters. The zero-order valence-corrected chi connectivity index (χ0v) is 18.7. The van der Waals surface area contributed by atoms with Crippen LogP contribution in [0.2, 0.25) is 0 Å². The maximum atomic E-state index is 6.10. The van der Waals surface area contributed by atoms with Crippen molar-refractivity contribution in [3.8, 4) is 29.2 Å². The number of ether oxygens (including phenoxy) is 1. The second-order valence-electron chi connectivity index (χ2n) is 8.01. The molecule has 32 heavy (non-hydrogen) atoms. The van der Waals surface area contributed by atoms with E-state index in [0.717, 1.165) is 39.0 Å². The Labute approximate surface area is 188 Å². The van der Waals surface area contributed by atoms with Crippen molar-refractivity contribution in [1.82, 2.24) is 24.6 Å². The summed E-state index contributed by atoms with van der Waals surface area (Å²) in [4.78, 5) is 11.2. The van der Waals surface area contributed by atoms with Gasteiger partial charge in [0, 0.05) is 53.8 Å². The Balaban J connectivity index is 1.65. The van der Waals surface area contributed by atoms with Gasteiger partial charge in [-0.05, 0) is 56.9 Å². The van der Waals surface area contributed by atoms with E-state index in [1.807, 2.05) is 69.9 Å². The molecule has 0 radical (unpaired) electrons. The van der Waals surface area contributed by atoms with Crippen LogP contribution in [0.1, 0.15) is 12.5 Å². The van der Waals surface area contributed by atoms with Crippen LogP contribution in [0.5, 0.6) is 5.75 Å². The number of anilines is 2. The third kappa shape index (κ3) is 4.88. The molecule has 1 atom stereocenters. The summed E-state index contributed by atoms with van der Waals surface area (Å²) in [5.41, 5.74) is 4.46. The summed E-state index contributed by atoms with van der Waals surface area (Å²) in [6, 6.07) is 12.0. The van der Waals surface area contributed by atoms with Gasteiger partial charge >= 0.3 is 0 Å². The SMILES string of the molecule is C#Cc1ccc2nc(Nc3cc(OCC(C)N(C)C)cc(-c4cnn(C)c4)c3)ncc2c1. The molecule has 0 saturated heterocycles. The summed E-state index contributed by atoms with van der Waals surface area (Å²) in [6.07, 6.45) is 11.1. The molecule has 0 spiro atoms. The van der Waals surface area contributed by atoms with E-state index >= 15 is 0 Å². The van der Waals surface area contributed by atoms with Gasteiger partial charge < -0.3 is 15.0 Å². The predicted molar refractivity (Wildman–Crippen MR) is 128 cm³/mol. The lowest BCUT2D eigenvalue weighted by Gasteiger charge is -2.20. The highest BCUT2D eigenvalue weighted by molar-refractivity contribution is 5.81. The molecule has 4 rings (SSSR count). The van der Waals surface area contributed by atoms with E-state index in [4.69, 9.17) is 11.2 Å². The van der Waals surface area contributed by atoms with Gasteiger partial charge in [0.2, 0.25) is 5.95 Å². The van der Waals surface area contributed by atoms with E-state index in [2.05, 4.69) is 38.1 Å². The average molecular weight is 427 g/mol. The first-order valence-corrected chi connectivity index (χ1v) is 10.3. The molecule has 0 amide bonds. The number of hydrogen-bond acceptors (Lipinski definition) is 6. The fourth-order valence-corrected chi connectivity index (χ4v) is 3.17. The first-order valence-electron chi connectivity index (χ1n) is 10.3. The lowest BCUT2D eigenvalue weighted by molar-refractivity contribution is 0.198. The van der Waals surface area contributed by atoms with Gasteiger partial charge in [0.05, 0.1) is 11.7 Å². The Kier molecular flexibility index (Phi) is 6.06. The molecular weight excluding hydrogens is 400 g/mol. The average Bonchev–Trinajstić information content (AvgIpc) is 3.23. The van der Waals surface area contributed by atoms with Crippen molar-refractivity contribution in [2.45, 2.75) is 13.0 Å². The Morgan fingerprint density at radius 1 is 1.16 bits per heavy atom. The molecule has 0 bridgehead atoms. The maximum Gasteiger partial charge on any atom is 0.227 e. The van der Waals surface area contributed by atoms with Gasteiger partial charge in [0.15, 0.2) is 0 Å². The third-order valence-corrected chi connectivity index (χ3v) is 5.32. The molecule has 7 nitrogen and oxygen atoms in total. The van der Waals surface area contributed by atoms with Crippen molar-refractivity contribution >= 4 is 22.5 Å². The first-order chi connectivity index (χ1) is 15.4. The van der Waals surface area contributed by atoms with Crippen LogP contribution in [-0.2, 0) is 7.05 Å². The Morgan fingerprint density at radius 3 is 2.72 bits per heavy atom. The van der Waals surface area contributed by atoms with Crippen molar-refractivity contribution in [2.75, 3.05) is 26.0 Å². The van der Waals surface area contributed by atoms with Gasteiger partial charge in [-0.25, -0.2) is 9.97 Å². The second-order valence-corrected chi connectivity index (χ2v) is 8.01. The van der Waals surface area contributed by atoms with Crippen LogP contribution in [0.25, 0.3) is 22.0 Å². The number of hydrogen-bond donors (Lipinski definition) is 1. The van der Waals surface area contributed by atoms with Crippen LogP contribution in [0.3, 0.4) is 0 Å². The van der Waals surface area contributed by atoms with E-state index in [-0.39, 0.29) is 6.04 Å². The number of nitrogens with zero attached hydrogens (tertiary/aromatic N) is 5. The smallest absolute Gasteiger partial charge is 0.227 e. The monoisotopic (exact) mass is 426 g/mol. The molecule has 0 saturated carbocycles. The molecule has 162 valence electrons. The molecule has 7 heteroatoms. The van der Waals surface area contributed by atoms with Crippen LogP contribution in [0.15, 0.2) is 55.0 Å². The molecule has 2 aromatic carbocycles. The summed E-state index contributed by atoms with van der Waals surface area (Å²) < 4.78 is 7.88. The predicted octanol–water partition coefficient (Wildman–Crippen LogP) is 4.08. The summed E-state index contributed by atoms with van der Waals surface area (Å²) in [7, 11) is 5.98. The van der Waals surface area contributed by atoms with Crippen molar-refractivity contribution < 1.29 is 4.74 Å². The number of likely N-dealkylation sites (N-methyl/N-ethyl adjacent to an activating group) is 1. The molecular formula is C25H26N6O. The molecule has 0 aliphatic rings. The third-order valence-electron chi connectivity index (χ3n) is 5.32. The van der Waals surface area contributed by atoms with Gasteiger partial charge in [0.25, 0.3) is 0 Å². The van der Waals surface area contributed by atoms with Crippen molar-refractivity contribution in [3.05, 3.63) is 60.6 Å². The quantitative estimate of drug-likeness (QED) is 0.449. The van der Waals surface area contributed by atoms with Gasteiger partial charge in [-0.15, -0.1) is 6.42 Å². The number of nitrogens with one attached hydrogen (secondary N) is 1. The molecule has 1 N–H and O–H groups in total. The highest BCUT2D eigenvalue weighted by Crippen LogP contribution is 2.30. The van der Waals surface area contributed by atoms with E-state index in [0.29, 0.717) is 12.6 Å². The van der Waals surface area contributed by atoms with Gasteiger partial charge in [-0.2, -0.15) is 5.10 Å². The number of terminal acetylenes is 1. The molecule has 0 fully saturated rings. The number of rotatable bonds is 7. The minimum absolute atomic E-state index is 0.283. The molecule has 0 aliphatic heterocycles. The standard InChI is InChI=1S/C25H26N6O/c1-6-18-7-8-24-20(9-18)13-26-25(29-24)28-22-10-19(21-14-27-31(5)15-21)11-23(12-22)32-16-17(2)30(3)4/h1,7-15,17H,16H2,2-5H3,(H,26,28,29). The summed E-state index contributed by atoms with van der Waals surface area (Å²) in [6.45, 7) is 2.70. The van der Waals surface area contributed by atoms with Crippen molar-refractivity contribution in [1.29, 1.82) is 0 Å². The molecule has 4 aromatic rings. The van der Waals surface area contributed by atoms with Gasteiger partial charge in [-0.3, -0.25) is 4.68 Å². The van der Waals surface area contributed by atoms with E-state index in [9.17, 15) is 0 Å². The molecule has 2 heterocycles. The zero-order chi connectivity index (χ0) is 22.7. The second kappa shape index (κ2) is 9.08. The maximum absolute atomic E-state index is 6.10. The fraction of sp³-hybridized carbons (Fsp3) is 0.240. The van der Waals surface area contributed by atoms with E-state index in [1.165, 1.54) is 0 Å². The first kappa shape index (κ1) is 21.3. The molecule has 2 aromatic heterocycles. The van der Waals surface area contributed by atoms with Crippen LogP contribution in [0.4, 0.5) is 11.6 Å². The van der Waals surface area contributed by atoms with E-state index in [1.54, 1.807) is 10.9 Å². The largest absolute Gasteiger partial charge is 0.492 e. The summed E-state index contributed by atoms with van der Waals surface area (Å²) >= 11 is 0. The van der Waals surface area contributed by atoms with Crippen molar-refractivity contribution in [3.63, 3.8) is 0 Å². The fourth-order valence-electron chi connectivity index (χ4n) is 3.17. The number of aryl methyl sites for hydroxylation is 1. The van der Waals surface area contributed by atoms with Gasteiger partial charge in [0.1, 0.15) is 12.4 Å². The van der Waals surface area contributed by atoms with Crippen LogP contribution < -0.4 is 10.1 Å². The zero-order valence-electron chi connectivity index (χ0n) is 18.7. The van der Waals surface area contributed by atoms with Crippen molar-refractivity contribution in [2.24, 2.45) is 7.05 Å². The summed E-state index contributed by atoms with van der Waals surface area (Å²) in [5, 5.41) is 8.50. The lowest BCUT2D eigenvalue weighted by Crippen LogP contribution is -2.30. The normalized spacial score (nSPS) is 12.0. The highest BCUT2D eigenvalue weighted by atomic mass is 16.5. The molecule has 0 aliphatic carbocycles. The van der Waals surface area contributed by atoms with E-state index < -0.39 is 0 Å². The minimum Gasteiger partial charge on any atom is -0.492 e. The lowest BCUT2D eigenvalue weighted by atomic mass is 10.1. The minimum atomic E-state index is 0.283. The Bertz CT molecular complexity index is 1290. The number of fused-ring (bicyclic) bond motifs is 1. The Hall–Kier alpha value is -3.89. The number of aromatic nitrogens is 4. The van der Waals surface area contributed by atoms with Gasteiger partial charge in [-0.1, -0.05) is 5.92 Å². The number of benzene rings is 2. The Morgan fingerprint density at radius 2 is 2.00 bits per heavy atom. The van der Waals surface area contributed by atoms with Crippen LogP contribution in [-0.4, -0.2) is 51.4 Å². The topological polar surface area (TPSA) is 68.1 Å². The summed E-state index contributed by atoms with van der Waals surface area (Å²) in [5.74, 6) is 3.90.